The number of hydrogen-bond acceptors (Lipinski definition) is 3. The van der Waals surface area contributed by atoms with Crippen molar-refractivity contribution in [1.29, 1.82) is 0 Å². The summed E-state index contributed by atoms with van der Waals surface area (Å²) in [5, 5.41) is 0. The predicted octanol–water partition coefficient (Wildman–Crippen LogP) is 3.67. The van der Waals surface area contributed by atoms with Crippen LogP contribution < -0.4 is 5.73 Å². The minimum Gasteiger partial charge on any atom is -0.462 e. The highest BCUT2D eigenvalue weighted by Crippen LogP contribution is 2.23. The van der Waals surface area contributed by atoms with Gasteiger partial charge in [-0.05, 0) is 42.3 Å². The van der Waals surface area contributed by atoms with E-state index in [0.717, 1.165) is 5.56 Å². The van der Waals surface area contributed by atoms with Gasteiger partial charge in [-0.15, -0.1) is 12.4 Å². The van der Waals surface area contributed by atoms with E-state index in [2.05, 4.69) is 0 Å². The maximum atomic E-state index is 13.9. The van der Waals surface area contributed by atoms with Crippen LogP contribution in [0.25, 0.3) is 11.1 Å². The molecular weight excluding hydrogens is 281 g/mol. The van der Waals surface area contributed by atoms with Crippen molar-refractivity contribution < 1.29 is 13.9 Å². The van der Waals surface area contributed by atoms with Crippen molar-refractivity contribution in [3.05, 3.63) is 53.8 Å². The number of ether oxygens (including phenoxy) is 1. The Morgan fingerprint density at radius 2 is 1.75 bits per heavy atom. The average Bonchev–Trinajstić information content (AvgIpc) is 2.39. The van der Waals surface area contributed by atoms with E-state index in [0.29, 0.717) is 11.3 Å². The number of benzene rings is 2. The fourth-order valence-electron chi connectivity index (χ4n) is 1.74. The molecule has 0 heterocycles. The molecule has 106 valence electrons. The maximum Gasteiger partial charge on any atom is 0.341 e. The Bertz CT molecular complexity index is 599. The first-order chi connectivity index (χ1) is 9.11. The van der Waals surface area contributed by atoms with Gasteiger partial charge in [0, 0.05) is 5.69 Å². The van der Waals surface area contributed by atoms with Crippen molar-refractivity contribution in [3.63, 3.8) is 0 Å². The SMILES string of the molecule is CCOC(=O)c1ccc(-c2ccc(N)cc2)cc1F.Cl. The van der Waals surface area contributed by atoms with E-state index < -0.39 is 11.8 Å². The van der Waals surface area contributed by atoms with Crippen molar-refractivity contribution in [1.82, 2.24) is 0 Å². The van der Waals surface area contributed by atoms with Gasteiger partial charge < -0.3 is 10.5 Å². The molecule has 2 rings (SSSR count). The standard InChI is InChI=1S/C15H14FNO2.ClH/c1-2-19-15(18)13-8-5-11(9-14(13)16)10-3-6-12(17)7-4-10;/h3-9H,2,17H2,1H3;1H. The largest absolute Gasteiger partial charge is 0.462 e. The number of nitrogens with two attached hydrogens (primary N) is 1. The Balaban J connectivity index is 0.00000200. The predicted molar refractivity (Wildman–Crippen MR) is 79.5 cm³/mol. The van der Waals surface area contributed by atoms with Crippen LogP contribution in [0.2, 0.25) is 0 Å². The Hall–Kier alpha value is -2.07. The van der Waals surface area contributed by atoms with Crippen LogP contribution in [0, 0.1) is 5.82 Å². The number of anilines is 1. The van der Waals surface area contributed by atoms with Crippen LogP contribution in [0.15, 0.2) is 42.5 Å². The highest BCUT2D eigenvalue weighted by molar-refractivity contribution is 5.90. The number of halogens is 2. The molecule has 0 aliphatic rings. The molecule has 2 N–H and O–H groups in total. The molecule has 0 aliphatic heterocycles. The summed E-state index contributed by atoms with van der Waals surface area (Å²) in [5.41, 5.74) is 7.71. The van der Waals surface area contributed by atoms with Crippen molar-refractivity contribution in [3.8, 4) is 11.1 Å². The highest BCUT2D eigenvalue weighted by Gasteiger charge is 2.13. The number of nitrogen functional groups attached to an aromatic ring is 1. The summed E-state index contributed by atoms with van der Waals surface area (Å²) < 4.78 is 18.6. The topological polar surface area (TPSA) is 52.3 Å². The fraction of sp³-hybridized carbons (Fsp3) is 0.133. The van der Waals surface area contributed by atoms with E-state index >= 15 is 0 Å². The molecule has 0 radical (unpaired) electrons. The minimum absolute atomic E-state index is 0. The van der Waals surface area contributed by atoms with Crippen molar-refractivity contribution in [2.24, 2.45) is 0 Å². The molecular formula is C15H15ClFNO2. The normalized spacial score (nSPS) is 9.70. The number of carbonyl (C=O) groups is 1. The van der Waals surface area contributed by atoms with Gasteiger partial charge in [0.05, 0.1) is 12.2 Å². The van der Waals surface area contributed by atoms with Gasteiger partial charge in [-0.2, -0.15) is 0 Å². The van der Waals surface area contributed by atoms with Gasteiger partial charge in [-0.3, -0.25) is 0 Å². The molecule has 0 fully saturated rings. The third-order valence-corrected chi connectivity index (χ3v) is 2.71. The Morgan fingerprint density at radius 1 is 1.15 bits per heavy atom. The van der Waals surface area contributed by atoms with Gasteiger partial charge in [0.15, 0.2) is 0 Å². The summed E-state index contributed by atoms with van der Waals surface area (Å²) in [4.78, 5) is 11.5. The second-order valence-electron chi connectivity index (χ2n) is 4.04. The quantitative estimate of drug-likeness (QED) is 0.694. The zero-order valence-electron chi connectivity index (χ0n) is 10.9. The summed E-state index contributed by atoms with van der Waals surface area (Å²) in [5.74, 6) is -1.24. The number of carbonyl (C=O) groups excluding carboxylic acids is 1. The Morgan fingerprint density at radius 3 is 2.30 bits per heavy atom. The molecule has 0 bridgehead atoms. The third kappa shape index (κ3) is 3.48. The van der Waals surface area contributed by atoms with Crippen LogP contribution in [-0.4, -0.2) is 12.6 Å². The summed E-state index contributed by atoms with van der Waals surface area (Å²) in [6.07, 6.45) is 0. The molecule has 2 aromatic rings. The summed E-state index contributed by atoms with van der Waals surface area (Å²) in [6.45, 7) is 1.90. The number of rotatable bonds is 3. The first-order valence-corrected chi connectivity index (χ1v) is 5.94. The Labute approximate surface area is 123 Å². The van der Waals surface area contributed by atoms with Gasteiger partial charge in [-0.25, -0.2) is 9.18 Å². The molecule has 0 saturated heterocycles. The average molecular weight is 296 g/mol. The van der Waals surface area contributed by atoms with E-state index in [1.54, 1.807) is 37.3 Å². The van der Waals surface area contributed by atoms with E-state index in [4.69, 9.17) is 10.5 Å². The van der Waals surface area contributed by atoms with Crippen molar-refractivity contribution >= 4 is 24.1 Å². The summed E-state index contributed by atoms with van der Waals surface area (Å²) in [6, 6.07) is 11.5. The van der Waals surface area contributed by atoms with Crippen LogP contribution in [0.3, 0.4) is 0 Å². The van der Waals surface area contributed by atoms with E-state index in [9.17, 15) is 9.18 Å². The number of esters is 1. The summed E-state index contributed by atoms with van der Waals surface area (Å²) in [7, 11) is 0. The van der Waals surface area contributed by atoms with Crippen LogP contribution in [0.1, 0.15) is 17.3 Å². The molecule has 20 heavy (non-hydrogen) atoms. The second-order valence-corrected chi connectivity index (χ2v) is 4.04. The first kappa shape index (κ1) is 16.0. The van der Waals surface area contributed by atoms with Crippen molar-refractivity contribution in [2.45, 2.75) is 6.92 Å². The van der Waals surface area contributed by atoms with Gasteiger partial charge in [0.2, 0.25) is 0 Å². The van der Waals surface area contributed by atoms with Crippen LogP contribution in [0.5, 0.6) is 0 Å². The molecule has 3 nitrogen and oxygen atoms in total. The lowest BCUT2D eigenvalue weighted by molar-refractivity contribution is 0.0521. The van der Waals surface area contributed by atoms with Gasteiger partial charge in [0.25, 0.3) is 0 Å². The summed E-state index contributed by atoms with van der Waals surface area (Å²) >= 11 is 0. The number of hydrogen-bond donors (Lipinski definition) is 1. The molecule has 0 amide bonds. The zero-order valence-corrected chi connectivity index (χ0v) is 11.7. The molecule has 0 spiro atoms. The molecule has 0 atom stereocenters. The maximum absolute atomic E-state index is 13.9. The lowest BCUT2D eigenvalue weighted by Gasteiger charge is -2.06. The van der Waals surface area contributed by atoms with Crippen LogP contribution >= 0.6 is 12.4 Å². The third-order valence-electron chi connectivity index (χ3n) is 2.71. The molecule has 0 unspecified atom stereocenters. The molecule has 0 aromatic heterocycles. The van der Waals surface area contributed by atoms with E-state index in [1.165, 1.54) is 12.1 Å². The molecule has 2 aromatic carbocycles. The first-order valence-electron chi connectivity index (χ1n) is 5.94. The van der Waals surface area contributed by atoms with Gasteiger partial charge >= 0.3 is 5.97 Å². The molecule has 5 heteroatoms. The second kappa shape index (κ2) is 6.91. The smallest absolute Gasteiger partial charge is 0.341 e. The Kier molecular flexibility index (Phi) is 5.53. The van der Waals surface area contributed by atoms with E-state index in [1.807, 2.05) is 0 Å². The monoisotopic (exact) mass is 295 g/mol. The fourth-order valence-corrected chi connectivity index (χ4v) is 1.74. The molecule has 0 aliphatic carbocycles. The molecule has 0 saturated carbocycles. The van der Waals surface area contributed by atoms with Crippen LogP contribution in [0.4, 0.5) is 10.1 Å². The highest BCUT2D eigenvalue weighted by atomic mass is 35.5. The lowest BCUT2D eigenvalue weighted by atomic mass is 10.0. The lowest BCUT2D eigenvalue weighted by Crippen LogP contribution is -2.07. The van der Waals surface area contributed by atoms with Crippen LogP contribution in [-0.2, 0) is 4.74 Å². The zero-order chi connectivity index (χ0) is 13.8. The van der Waals surface area contributed by atoms with E-state index in [-0.39, 0.29) is 24.6 Å². The van der Waals surface area contributed by atoms with Gasteiger partial charge in [0.1, 0.15) is 5.82 Å². The minimum atomic E-state index is -0.649. The van der Waals surface area contributed by atoms with Gasteiger partial charge in [-0.1, -0.05) is 18.2 Å². The van der Waals surface area contributed by atoms with Crippen molar-refractivity contribution in [2.75, 3.05) is 12.3 Å².